The molecule has 122 valence electrons. The lowest BCUT2D eigenvalue weighted by atomic mass is 10.2. The molecule has 0 aliphatic heterocycles. The van der Waals surface area contributed by atoms with E-state index in [4.69, 9.17) is 4.74 Å². The zero-order chi connectivity index (χ0) is 16.9. The molecule has 3 rings (SSSR count). The third-order valence-corrected chi connectivity index (χ3v) is 4.45. The van der Waals surface area contributed by atoms with Gasteiger partial charge in [-0.15, -0.1) is 11.8 Å². The fourth-order valence-electron chi connectivity index (χ4n) is 2.27. The molecule has 1 aromatic heterocycles. The van der Waals surface area contributed by atoms with Crippen molar-refractivity contribution in [1.29, 1.82) is 0 Å². The SMILES string of the molecule is COC(=O)C(=C(O)CSc1ccccc1)c1nc2ccccc2[nH]1. The monoisotopic (exact) mass is 340 g/mol. The summed E-state index contributed by atoms with van der Waals surface area (Å²) in [4.78, 5) is 20.6. The van der Waals surface area contributed by atoms with E-state index in [1.54, 1.807) is 0 Å². The van der Waals surface area contributed by atoms with Gasteiger partial charge in [0, 0.05) is 4.90 Å². The van der Waals surface area contributed by atoms with Crippen LogP contribution in [-0.4, -0.2) is 33.9 Å². The Morgan fingerprint density at radius 2 is 1.88 bits per heavy atom. The van der Waals surface area contributed by atoms with Gasteiger partial charge in [-0.25, -0.2) is 9.78 Å². The number of hydrogen-bond acceptors (Lipinski definition) is 5. The number of aromatic amines is 1. The van der Waals surface area contributed by atoms with Gasteiger partial charge in [0.05, 0.1) is 23.9 Å². The maximum Gasteiger partial charge on any atom is 0.345 e. The van der Waals surface area contributed by atoms with Gasteiger partial charge in [0.2, 0.25) is 0 Å². The third-order valence-electron chi connectivity index (χ3n) is 3.42. The zero-order valence-electron chi connectivity index (χ0n) is 13.0. The molecule has 0 saturated heterocycles. The highest BCUT2D eigenvalue weighted by Gasteiger charge is 2.22. The summed E-state index contributed by atoms with van der Waals surface area (Å²) >= 11 is 1.43. The van der Waals surface area contributed by atoms with Crippen molar-refractivity contribution >= 4 is 34.3 Å². The highest BCUT2D eigenvalue weighted by atomic mass is 32.2. The van der Waals surface area contributed by atoms with Crippen molar-refractivity contribution in [2.24, 2.45) is 0 Å². The van der Waals surface area contributed by atoms with E-state index in [9.17, 15) is 9.90 Å². The molecule has 0 aliphatic rings. The van der Waals surface area contributed by atoms with Crippen LogP contribution in [0.2, 0.25) is 0 Å². The van der Waals surface area contributed by atoms with Crippen LogP contribution < -0.4 is 0 Å². The fourth-order valence-corrected chi connectivity index (χ4v) is 3.06. The Labute approximate surface area is 143 Å². The van der Waals surface area contributed by atoms with Crippen LogP contribution >= 0.6 is 11.8 Å². The van der Waals surface area contributed by atoms with E-state index in [2.05, 4.69) is 9.97 Å². The molecular formula is C18H16N2O3S. The van der Waals surface area contributed by atoms with Crippen LogP contribution in [0.5, 0.6) is 0 Å². The zero-order valence-corrected chi connectivity index (χ0v) is 13.8. The Morgan fingerprint density at radius 1 is 1.17 bits per heavy atom. The number of hydrogen-bond donors (Lipinski definition) is 2. The molecule has 24 heavy (non-hydrogen) atoms. The van der Waals surface area contributed by atoms with Gasteiger partial charge in [0.25, 0.3) is 0 Å². The van der Waals surface area contributed by atoms with Crippen LogP contribution in [0.1, 0.15) is 5.82 Å². The average Bonchev–Trinajstić information content (AvgIpc) is 3.04. The van der Waals surface area contributed by atoms with E-state index >= 15 is 0 Å². The normalized spacial score (nSPS) is 12.0. The summed E-state index contributed by atoms with van der Waals surface area (Å²) in [5.41, 5.74) is 1.56. The van der Waals surface area contributed by atoms with Gasteiger partial charge in [0.1, 0.15) is 17.2 Å². The molecule has 2 aromatic carbocycles. The van der Waals surface area contributed by atoms with Crippen molar-refractivity contribution in [3.05, 3.63) is 66.2 Å². The summed E-state index contributed by atoms with van der Waals surface area (Å²) in [6.45, 7) is 0. The number of para-hydroxylation sites is 2. The second kappa shape index (κ2) is 7.23. The number of methoxy groups -OCH3 is 1. The Bertz CT molecular complexity index is 854. The fraction of sp³-hybridized carbons (Fsp3) is 0.111. The Morgan fingerprint density at radius 3 is 2.58 bits per heavy atom. The summed E-state index contributed by atoms with van der Waals surface area (Å²) in [6.07, 6.45) is 0. The highest BCUT2D eigenvalue weighted by Crippen LogP contribution is 2.25. The summed E-state index contributed by atoms with van der Waals surface area (Å²) < 4.78 is 4.81. The number of carbonyl (C=O) groups excluding carboxylic acids is 1. The lowest BCUT2D eigenvalue weighted by molar-refractivity contribution is -0.133. The largest absolute Gasteiger partial charge is 0.510 e. The van der Waals surface area contributed by atoms with Crippen LogP contribution in [0.3, 0.4) is 0 Å². The van der Waals surface area contributed by atoms with Crippen molar-refractivity contribution < 1.29 is 14.6 Å². The van der Waals surface area contributed by atoms with Gasteiger partial charge < -0.3 is 14.8 Å². The van der Waals surface area contributed by atoms with Crippen molar-refractivity contribution in [2.45, 2.75) is 4.90 Å². The number of nitrogens with one attached hydrogen (secondary N) is 1. The van der Waals surface area contributed by atoms with Gasteiger partial charge in [-0.3, -0.25) is 0 Å². The number of carbonyl (C=O) groups is 1. The minimum atomic E-state index is -0.625. The van der Waals surface area contributed by atoms with Crippen LogP contribution in [0.15, 0.2) is 65.3 Å². The van der Waals surface area contributed by atoms with Crippen molar-refractivity contribution in [3.63, 3.8) is 0 Å². The van der Waals surface area contributed by atoms with Crippen molar-refractivity contribution in [2.75, 3.05) is 12.9 Å². The van der Waals surface area contributed by atoms with Crippen molar-refractivity contribution in [1.82, 2.24) is 9.97 Å². The topological polar surface area (TPSA) is 75.2 Å². The molecule has 0 fully saturated rings. The molecule has 0 spiro atoms. The van der Waals surface area contributed by atoms with E-state index in [0.717, 1.165) is 15.9 Å². The third kappa shape index (κ3) is 3.44. The van der Waals surface area contributed by atoms with E-state index in [0.29, 0.717) is 5.82 Å². The predicted molar refractivity (Wildman–Crippen MR) is 94.8 cm³/mol. The highest BCUT2D eigenvalue weighted by molar-refractivity contribution is 7.99. The van der Waals surface area contributed by atoms with Crippen LogP contribution in [-0.2, 0) is 9.53 Å². The lowest BCUT2D eigenvalue weighted by Crippen LogP contribution is -2.09. The Balaban J connectivity index is 1.94. The summed E-state index contributed by atoms with van der Waals surface area (Å²) in [7, 11) is 1.28. The molecule has 0 aliphatic carbocycles. The molecule has 0 atom stereocenters. The van der Waals surface area contributed by atoms with Gasteiger partial charge in [-0.2, -0.15) is 0 Å². The first-order chi connectivity index (χ1) is 11.7. The molecule has 0 saturated carbocycles. The van der Waals surface area contributed by atoms with E-state index in [1.165, 1.54) is 18.9 Å². The van der Waals surface area contributed by atoms with Gasteiger partial charge >= 0.3 is 5.97 Å². The molecule has 2 N–H and O–H groups in total. The average molecular weight is 340 g/mol. The standard InChI is InChI=1S/C18H16N2O3S/c1-23-18(22)16(15(21)11-24-12-7-3-2-4-8-12)17-19-13-9-5-6-10-14(13)20-17/h2-10,21H,11H2,1H3,(H,19,20). The molecule has 3 aromatic rings. The molecule has 6 heteroatoms. The minimum Gasteiger partial charge on any atom is -0.510 e. The van der Waals surface area contributed by atoms with E-state index in [-0.39, 0.29) is 17.1 Å². The second-order valence-corrected chi connectivity index (χ2v) is 6.07. The molecular weight excluding hydrogens is 324 g/mol. The number of imidazole rings is 1. The quantitative estimate of drug-likeness (QED) is 0.320. The number of aliphatic hydroxyl groups is 1. The molecule has 1 heterocycles. The number of benzene rings is 2. The molecule has 0 unspecified atom stereocenters. The Hall–Kier alpha value is -2.73. The maximum atomic E-state index is 12.1. The predicted octanol–water partition coefficient (Wildman–Crippen LogP) is 3.80. The minimum absolute atomic E-state index is 0.0529. The van der Waals surface area contributed by atoms with Crippen LogP contribution in [0.25, 0.3) is 16.6 Å². The number of esters is 1. The molecule has 0 bridgehead atoms. The first-order valence-corrected chi connectivity index (χ1v) is 8.31. The smallest absolute Gasteiger partial charge is 0.345 e. The number of H-pyrrole nitrogens is 1. The van der Waals surface area contributed by atoms with Crippen LogP contribution in [0.4, 0.5) is 0 Å². The molecule has 5 nitrogen and oxygen atoms in total. The number of aromatic nitrogens is 2. The van der Waals surface area contributed by atoms with Gasteiger partial charge in [-0.1, -0.05) is 30.3 Å². The second-order valence-electron chi connectivity index (χ2n) is 5.02. The Kier molecular flexibility index (Phi) is 4.86. The summed E-state index contributed by atoms with van der Waals surface area (Å²) in [5, 5.41) is 10.4. The van der Waals surface area contributed by atoms with Gasteiger partial charge in [-0.05, 0) is 24.3 Å². The van der Waals surface area contributed by atoms with Crippen LogP contribution in [0, 0.1) is 0 Å². The number of rotatable bonds is 5. The number of thioether (sulfide) groups is 1. The van der Waals surface area contributed by atoms with Gasteiger partial charge in [0.15, 0.2) is 0 Å². The number of aliphatic hydroxyl groups excluding tert-OH is 1. The number of nitrogens with zero attached hydrogens (tertiary/aromatic N) is 1. The van der Waals surface area contributed by atoms with Crippen molar-refractivity contribution in [3.8, 4) is 0 Å². The molecule has 0 radical (unpaired) electrons. The number of fused-ring (bicyclic) bond motifs is 1. The first kappa shape index (κ1) is 16.1. The van der Waals surface area contributed by atoms with E-state index < -0.39 is 5.97 Å². The lowest BCUT2D eigenvalue weighted by Gasteiger charge is -2.07. The van der Waals surface area contributed by atoms with E-state index in [1.807, 2.05) is 54.6 Å². The summed E-state index contributed by atoms with van der Waals surface area (Å²) in [6, 6.07) is 17.1. The number of ether oxygens (including phenoxy) is 1. The summed E-state index contributed by atoms with van der Waals surface area (Å²) in [5.74, 6) is -0.157. The molecule has 0 amide bonds. The maximum absolute atomic E-state index is 12.1. The first-order valence-electron chi connectivity index (χ1n) is 7.32.